The van der Waals surface area contributed by atoms with Gasteiger partial charge in [-0.25, -0.2) is 0 Å². The molecule has 3 rings (SSSR count). The molecule has 2 aromatic rings. The first kappa shape index (κ1) is 17.1. The molecule has 6 heteroatoms. The minimum absolute atomic E-state index is 0.0234. The molecule has 0 bridgehead atoms. The van der Waals surface area contributed by atoms with E-state index in [0.717, 1.165) is 5.56 Å². The molecule has 3 N–H and O–H groups in total. The summed E-state index contributed by atoms with van der Waals surface area (Å²) in [6.45, 7) is 0.290. The molecule has 0 aliphatic carbocycles. The minimum atomic E-state index is -0.863. The van der Waals surface area contributed by atoms with Crippen molar-refractivity contribution in [1.82, 2.24) is 5.32 Å². The predicted molar refractivity (Wildman–Crippen MR) is 92.9 cm³/mol. The van der Waals surface area contributed by atoms with Crippen molar-refractivity contribution in [3.63, 3.8) is 0 Å². The van der Waals surface area contributed by atoms with E-state index in [9.17, 15) is 14.7 Å². The summed E-state index contributed by atoms with van der Waals surface area (Å²) in [5.41, 5.74) is 2.25. The smallest absolute Gasteiger partial charge is 0.246 e. The van der Waals surface area contributed by atoms with E-state index in [1.165, 1.54) is 0 Å². The van der Waals surface area contributed by atoms with Crippen molar-refractivity contribution in [2.24, 2.45) is 0 Å². The van der Waals surface area contributed by atoms with Crippen LogP contribution in [0, 0.1) is 0 Å². The largest absolute Gasteiger partial charge is 0.386 e. The number of nitrogens with one attached hydrogen (secondary N) is 2. The molecule has 0 saturated carbocycles. The molecule has 2 unspecified atom stereocenters. The SMILES string of the molecule is O=C(Cc1ccccc1)Nc1ccc(C(O)C2COCC(=O)N2)cc1. The lowest BCUT2D eigenvalue weighted by molar-refractivity contribution is -0.133. The number of hydrogen-bond donors (Lipinski definition) is 3. The summed E-state index contributed by atoms with van der Waals surface area (Å²) in [7, 11) is 0. The average Bonchev–Trinajstić information content (AvgIpc) is 2.62. The molecule has 0 radical (unpaired) electrons. The van der Waals surface area contributed by atoms with Crippen LogP contribution in [0.5, 0.6) is 0 Å². The zero-order valence-corrected chi connectivity index (χ0v) is 13.6. The normalized spacial score (nSPS) is 18.3. The number of carbonyl (C=O) groups is 2. The number of ether oxygens (including phenoxy) is 1. The van der Waals surface area contributed by atoms with Gasteiger partial charge in [0.25, 0.3) is 0 Å². The fourth-order valence-electron chi connectivity index (χ4n) is 2.72. The Hall–Kier alpha value is -2.70. The van der Waals surface area contributed by atoms with Crippen molar-refractivity contribution < 1.29 is 19.4 Å². The first-order valence-electron chi connectivity index (χ1n) is 8.11. The van der Waals surface area contributed by atoms with Crippen LogP contribution < -0.4 is 10.6 Å². The van der Waals surface area contributed by atoms with Gasteiger partial charge in [0.2, 0.25) is 11.8 Å². The van der Waals surface area contributed by atoms with Crippen molar-refractivity contribution in [3.8, 4) is 0 Å². The Morgan fingerprint density at radius 3 is 2.60 bits per heavy atom. The third kappa shape index (κ3) is 4.65. The van der Waals surface area contributed by atoms with Crippen LogP contribution in [0.1, 0.15) is 17.2 Å². The van der Waals surface area contributed by atoms with Crippen molar-refractivity contribution in [1.29, 1.82) is 0 Å². The topological polar surface area (TPSA) is 87.7 Å². The maximum atomic E-state index is 12.1. The standard InChI is InChI=1S/C19H20N2O4/c22-17(10-13-4-2-1-3-5-13)20-15-8-6-14(7-9-15)19(24)16-11-25-12-18(23)21-16/h1-9,16,19,24H,10-12H2,(H,20,22)(H,21,23). The van der Waals surface area contributed by atoms with Gasteiger partial charge in [0, 0.05) is 5.69 Å². The highest BCUT2D eigenvalue weighted by molar-refractivity contribution is 5.92. The molecule has 1 aliphatic rings. The van der Waals surface area contributed by atoms with Gasteiger partial charge in [-0.05, 0) is 23.3 Å². The van der Waals surface area contributed by atoms with Crippen LogP contribution in [-0.2, 0) is 20.7 Å². The Kier molecular flexibility index (Phi) is 5.42. The highest BCUT2D eigenvalue weighted by Gasteiger charge is 2.26. The monoisotopic (exact) mass is 340 g/mol. The van der Waals surface area contributed by atoms with Crippen LogP contribution >= 0.6 is 0 Å². The molecule has 25 heavy (non-hydrogen) atoms. The number of aliphatic hydroxyl groups is 1. The third-order valence-corrected chi connectivity index (χ3v) is 4.00. The molecule has 1 heterocycles. The van der Waals surface area contributed by atoms with Crippen molar-refractivity contribution in [2.75, 3.05) is 18.5 Å². The van der Waals surface area contributed by atoms with Gasteiger partial charge < -0.3 is 20.5 Å². The molecular weight excluding hydrogens is 320 g/mol. The van der Waals surface area contributed by atoms with Crippen LogP contribution in [0.25, 0.3) is 0 Å². The van der Waals surface area contributed by atoms with E-state index in [-0.39, 0.29) is 25.0 Å². The van der Waals surface area contributed by atoms with Crippen LogP contribution in [0.3, 0.4) is 0 Å². The van der Waals surface area contributed by atoms with E-state index in [1.807, 2.05) is 30.3 Å². The Morgan fingerprint density at radius 2 is 1.92 bits per heavy atom. The summed E-state index contributed by atoms with van der Waals surface area (Å²) in [5.74, 6) is -0.340. The molecule has 2 aromatic carbocycles. The summed E-state index contributed by atoms with van der Waals surface area (Å²) in [6.07, 6.45) is -0.560. The Morgan fingerprint density at radius 1 is 1.20 bits per heavy atom. The maximum Gasteiger partial charge on any atom is 0.246 e. The van der Waals surface area contributed by atoms with Gasteiger partial charge in [0.1, 0.15) is 12.7 Å². The van der Waals surface area contributed by atoms with Gasteiger partial charge in [-0.2, -0.15) is 0 Å². The molecule has 2 amide bonds. The summed E-state index contributed by atoms with van der Waals surface area (Å²) >= 11 is 0. The third-order valence-electron chi connectivity index (χ3n) is 4.00. The molecule has 1 fully saturated rings. The zero-order valence-electron chi connectivity index (χ0n) is 13.6. The molecule has 1 aliphatic heterocycles. The second kappa shape index (κ2) is 7.92. The highest BCUT2D eigenvalue weighted by Crippen LogP contribution is 2.21. The van der Waals surface area contributed by atoms with Crippen LogP contribution in [0.4, 0.5) is 5.69 Å². The second-order valence-corrected chi connectivity index (χ2v) is 5.97. The Bertz CT molecular complexity index is 731. The molecule has 0 aromatic heterocycles. The van der Waals surface area contributed by atoms with Crippen LogP contribution in [0.2, 0.25) is 0 Å². The predicted octanol–water partition coefficient (Wildman–Crippen LogP) is 1.42. The lowest BCUT2D eigenvalue weighted by Gasteiger charge is -2.28. The van der Waals surface area contributed by atoms with Gasteiger partial charge in [0.15, 0.2) is 0 Å². The molecule has 0 spiro atoms. The quantitative estimate of drug-likeness (QED) is 0.768. The van der Waals surface area contributed by atoms with E-state index in [0.29, 0.717) is 17.7 Å². The van der Waals surface area contributed by atoms with E-state index in [2.05, 4.69) is 10.6 Å². The van der Waals surface area contributed by atoms with Gasteiger partial charge in [0.05, 0.1) is 19.1 Å². The van der Waals surface area contributed by atoms with Crippen molar-refractivity contribution >= 4 is 17.5 Å². The Balaban J connectivity index is 1.58. The summed E-state index contributed by atoms with van der Waals surface area (Å²) in [4.78, 5) is 23.4. The number of benzene rings is 2. The van der Waals surface area contributed by atoms with Crippen LogP contribution in [-0.4, -0.2) is 36.2 Å². The molecule has 6 nitrogen and oxygen atoms in total. The fraction of sp³-hybridized carbons (Fsp3) is 0.263. The zero-order chi connectivity index (χ0) is 17.6. The Labute approximate surface area is 145 Å². The molecule has 1 saturated heterocycles. The fourth-order valence-corrected chi connectivity index (χ4v) is 2.72. The average molecular weight is 340 g/mol. The minimum Gasteiger partial charge on any atom is -0.386 e. The van der Waals surface area contributed by atoms with Crippen molar-refractivity contribution in [2.45, 2.75) is 18.6 Å². The molecular formula is C19H20N2O4. The summed E-state index contributed by atoms with van der Waals surface area (Å²) in [5, 5.41) is 15.9. The number of carbonyl (C=O) groups excluding carboxylic acids is 2. The second-order valence-electron chi connectivity index (χ2n) is 5.97. The van der Waals surface area contributed by atoms with E-state index >= 15 is 0 Å². The van der Waals surface area contributed by atoms with Gasteiger partial charge >= 0.3 is 0 Å². The number of anilines is 1. The number of amides is 2. The first-order valence-corrected chi connectivity index (χ1v) is 8.11. The van der Waals surface area contributed by atoms with E-state index < -0.39 is 12.1 Å². The molecule has 130 valence electrons. The lowest BCUT2D eigenvalue weighted by Crippen LogP contribution is -2.48. The van der Waals surface area contributed by atoms with E-state index in [1.54, 1.807) is 24.3 Å². The van der Waals surface area contributed by atoms with Crippen LogP contribution in [0.15, 0.2) is 54.6 Å². The van der Waals surface area contributed by atoms with Gasteiger partial charge in [-0.3, -0.25) is 9.59 Å². The number of aliphatic hydroxyl groups excluding tert-OH is 1. The summed E-state index contributed by atoms with van der Waals surface area (Å²) < 4.78 is 5.14. The highest BCUT2D eigenvalue weighted by atomic mass is 16.5. The maximum absolute atomic E-state index is 12.1. The first-order chi connectivity index (χ1) is 12.1. The number of hydrogen-bond acceptors (Lipinski definition) is 4. The van der Waals surface area contributed by atoms with Gasteiger partial charge in [-0.1, -0.05) is 42.5 Å². The van der Waals surface area contributed by atoms with Crippen molar-refractivity contribution in [3.05, 3.63) is 65.7 Å². The number of morpholine rings is 1. The van der Waals surface area contributed by atoms with E-state index in [4.69, 9.17) is 4.74 Å². The lowest BCUT2D eigenvalue weighted by atomic mass is 10.0. The summed E-state index contributed by atoms with van der Waals surface area (Å²) in [6, 6.07) is 15.9. The number of rotatable bonds is 5. The molecule has 2 atom stereocenters. The van der Waals surface area contributed by atoms with Gasteiger partial charge in [-0.15, -0.1) is 0 Å².